The number of nitrogens with zero attached hydrogens (tertiary/aromatic N) is 1. The van der Waals surface area contributed by atoms with Gasteiger partial charge in [-0.05, 0) is 67.1 Å². The number of nitrogens with one attached hydrogen (secondary N) is 7. The number of aliphatic hydroxyl groups is 1. The third kappa shape index (κ3) is 15.4. The number of amides is 7. The van der Waals surface area contributed by atoms with Crippen molar-refractivity contribution in [3.63, 3.8) is 0 Å². The van der Waals surface area contributed by atoms with E-state index >= 15 is 9.59 Å². The van der Waals surface area contributed by atoms with Crippen LogP contribution in [0.25, 0.3) is 21.8 Å². The molecule has 0 spiro atoms. The van der Waals surface area contributed by atoms with Crippen LogP contribution in [0.1, 0.15) is 55.4 Å². The molecule has 402 valence electrons. The number of fused-ring (bicyclic) bond motifs is 2. The fourth-order valence-electron chi connectivity index (χ4n) is 8.96. The Morgan fingerprint density at radius 2 is 1.00 bits per heavy atom. The highest BCUT2D eigenvalue weighted by molar-refractivity contribution is 7.80. The smallest absolute Gasteiger partial charge is 0.326 e. The Labute approximate surface area is 444 Å². The van der Waals surface area contributed by atoms with E-state index < -0.39 is 95.7 Å². The zero-order valence-electron chi connectivity index (χ0n) is 42.2. The predicted octanol–water partition coefficient (Wildman–Crippen LogP) is 1.94. The Balaban J connectivity index is 1.35. The number of nitrogens with two attached hydrogens (primary N) is 2. The molecule has 0 saturated heterocycles. The highest BCUT2D eigenvalue weighted by Gasteiger charge is 2.42. The van der Waals surface area contributed by atoms with Gasteiger partial charge in [-0.2, -0.15) is 12.6 Å². The number of unbranched alkanes of at least 4 members (excludes halogenated alkanes) is 1. The first-order valence-corrected chi connectivity index (χ1v) is 25.6. The van der Waals surface area contributed by atoms with Crippen molar-refractivity contribution in [2.75, 3.05) is 12.3 Å². The molecule has 21 heteroatoms. The maximum Gasteiger partial charge on any atom is 0.326 e. The minimum absolute atomic E-state index is 0.0118. The van der Waals surface area contributed by atoms with Gasteiger partial charge in [0.25, 0.3) is 5.91 Å². The minimum atomic E-state index is -1.95. The van der Waals surface area contributed by atoms with Gasteiger partial charge in [-0.15, -0.1) is 0 Å². The molecule has 8 atom stereocenters. The van der Waals surface area contributed by atoms with Crippen molar-refractivity contribution in [3.8, 4) is 0 Å². The van der Waals surface area contributed by atoms with Crippen molar-refractivity contribution in [1.29, 1.82) is 0 Å². The van der Waals surface area contributed by atoms with Crippen LogP contribution < -0.4 is 38.1 Å². The summed E-state index contributed by atoms with van der Waals surface area (Å²) in [5.74, 6) is -7.75. The van der Waals surface area contributed by atoms with E-state index in [9.17, 15) is 39.0 Å². The SMILES string of the molecule is CC(=O)N(C(=O)[C@H](CCCCN)NC(=O)[C@@H](Cc1c[nH]c2ccccc12)NC(=O)[C@H](Cc1c[nH]c2ccccc12)NC(=O)[C@H](Cc1ccccc1)NC(=O)[C@@H](N)CS)[C@H](C(=O)N[C@@H](Cc1ccccc1)C(=O)O)[C@@H](C)O. The van der Waals surface area contributed by atoms with E-state index in [1.165, 1.54) is 0 Å². The molecule has 0 radical (unpaired) electrons. The molecule has 0 saturated carbocycles. The number of benzene rings is 4. The number of aromatic nitrogens is 2. The molecular weight excluding hydrogens is 993 g/mol. The summed E-state index contributed by atoms with van der Waals surface area (Å²) in [5, 5.41) is 36.1. The molecule has 6 aromatic rings. The number of rotatable bonds is 27. The Hall–Kier alpha value is -7.85. The molecule has 2 aromatic heterocycles. The first-order valence-electron chi connectivity index (χ1n) is 25.0. The summed E-state index contributed by atoms with van der Waals surface area (Å²) in [7, 11) is 0. The minimum Gasteiger partial charge on any atom is -0.480 e. The third-order valence-corrected chi connectivity index (χ3v) is 13.3. The van der Waals surface area contributed by atoms with E-state index in [-0.39, 0.29) is 50.8 Å². The molecule has 76 heavy (non-hydrogen) atoms. The molecule has 0 fully saturated rings. The van der Waals surface area contributed by atoms with Crippen molar-refractivity contribution in [1.82, 2.24) is 41.5 Å². The van der Waals surface area contributed by atoms with Gasteiger partial charge in [0.1, 0.15) is 36.3 Å². The summed E-state index contributed by atoms with van der Waals surface area (Å²) < 4.78 is 0. The number of carboxylic acid groups (broad SMARTS) is 1. The van der Waals surface area contributed by atoms with Crippen LogP contribution in [0.15, 0.2) is 122 Å². The summed E-state index contributed by atoms with van der Waals surface area (Å²) in [6, 6.07) is 21.8. The Morgan fingerprint density at radius 1 is 0.579 bits per heavy atom. The van der Waals surface area contributed by atoms with Crippen molar-refractivity contribution in [3.05, 3.63) is 144 Å². The van der Waals surface area contributed by atoms with Crippen LogP contribution in [-0.4, -0.2) is 133 Å². The molecule has 0 aliphatic rings. The number of carbonyl (C=O) groups excluding carboxylic acids is 7. The second kappa shape index (κ2) is 27.6. The molecule has 2 heterocycles. The van der Waals surface area contributed by atoms with Crippen LogP contribution in [0.5, 0.6) is 0 Å². The largest absolute Gasteiger partial charge is 0.480 e. The number of carbonyl (C=O) groups is 8. The van der Waals surface area contributed by atoms with Gasteiger partial charge in [0.2, 0.25) is 35.4 Å². The second-order valence-corrected chi connectivity index (χ2v) is 19.0. The lowest BCUT2D eigenvalue weighted by Crippen LogP contribution is -2.63. The van der Waals surface area contributed by atoms with Gasteiger partial charge in [-0.3, -0.25) is 38.5 Å². The molecule has 0 aliphatic heterocycles. The van der Waals surface area contributed by atoms with Crippen molar-refractivity contribution < 1.29 is 48.6 Å². The Bertz CT molecular complexity index is 2970. The summed E-state index contributed by atoms with van der Waals surface area (Å²) >= 11 is 4.15. The number of imide groups is 1. The molecule has 20 nitrogen and oxygen atoms in total. The second-order valence-electron chi connectivity index (χ2n) is 18.6. The number of aliphatic hydroxyl groups excluding tert-OH is 1. The molecule has 0 unspecified atom stereocenters. The van der Waals surface area contributed by atoms with Gasteiger partial charge in [0.15, 0.2) is 0 Å². The number of hydrogen-bond acceptors (Lipinski definition) is 12. The topological polar surface area (TPSA) is 324 Å². The number of para-hydroxylation sites is 2. The molecule has 4 aromatic carbocycles. The fourth-order valence-corrected chi connectivity index (χ4v) is 9.13. The maximum atomic E-state index is 15.0. The van der Waals surface area contributed by atoms with Crippen LogP contribution in [-0.2, 0) is 64.0 Å². The van der Waals surface area contributed by atoms with E-state index in [0.717, 1.165) is 30.3 Å². The Kier molecular flexibility index (Phi) is 20.9. The van der Waals surface area contributed by atoms with E-state index in [4.69, 9.17) is 11.5 Å². The number of carboxylic acids is 1. The molecule has 13 N–H and O–H groups in total. The van der Waals surface area contributed by atoms with Crippen LogP contribution >= 0.6 is 12.6 Å². The van der Waals surface area contributed by atoms with Gasteiger partial charge in [0.05, 0.1) is 12.1 Å². The zero-order valence-corrected chi connectivity index (χ0v) is 43.1. The van der Waals surface area contributed by atoms with Crippen molar-refractivity contribution in [2.24, 2.45) is 11.5 Å². The highest BCUT2D eigenvalue weighted by Crippen LogP contribution is 2.22. The van der Waals surface area contributed by atoms with Gasteiger partial charge in [-0.1, -0.05) is 97.1 Å². The zero-order chi connectivity index (χ0) is 54.9. The number of thiol groups is 1. The van der Waals surface area contributed by atoms with Gasteiger partial charge in [-0.25, -0.2) is 4.79 Å². The number of aromatic amines is 2. The maximum absolute atomic E-state index is 15.0. The highest BCUT2D eigenvalue weighted by atomic mass is 32.1. The van der Waals surface area contributed by atoms with E-state index in [2.05, 4.69) is 49.2 Å². The lowest BCUT2D eigenvalue weighted by Gasteiger charge is -2.34. The quantitative estimate of drug-likeness (QED) is 0.0260. The fraction of sp³-hybridized carbons (Fsp3) is 0.345. The number of aliphatic carboxylic acids is 1. The molecular formula is C55H66N10O10S. The van der Waals surface area contributed by atoms with E-state index in [1.54, 1.807) is 79.1 Å². The van der Waals surface area contributed by atoms with Crippen LogP contribution in [0, 0.1) is 0 Å². The van der Waals surface area contributed by atoms with Crippen LogP contribution in [0.2, 0.25) is 0 Å². The lowest BCUT2D eigenvalue weighted by molar-refractivity contribution is -0.157. The summed E-state index contributed by atoms with van der Waals surface area (Å²) in [4.78, 5) is 119. The average Bonchev–Trinajstić information content (AvgIpc) is 4.03. The molecule has 6 rings (SSSR count). The van der Waals surface area contributed by atoms with Gasteiger partial charge >= 0.3 is 5.97 Å². The molecule has 0 aliphatic carbocycles. The third-order valence-electron chi connectivity index (χ3n) is 13.0. The van der Waals surface area contributed by atoms with Gasteiger partial charge in [0, 0.05) is 72.6 Å². The van der Waals surface area contributed by atoms with E-state index in [0.29, 0.717) is 39.0 Å². The van der Waals surface area contributed by atoms with Gasteiger partial charge < -0.3 is 58.2 Å². The monoisotopic (exact) mass is 1060 g/mol. The average molecular weight is 1060 g/mol. The summed E-state index contributed by atoms with van der Waals surface area (Å²) in [6.45, 7) is 2.35. The number of H-pyrrole nitrogens is 2. The first kappa shape index (κ1) is 57.4. The number of hydrogen-bond donors (Lipinski definition) is 12. The van der Waals surface area contributed by atoms with Crippen LogP contribution in [0.4, 0.5) is 0 Å². The molecule has 7 amide bonds. The van der Waals surface area contributed by atoms with Crippen molar-refractivity contribution in [2.45, 2.75) is 107 Å². The summed E-state index contributed by atoms with van der Waals surface area (Å²) in [6.07, 6.45) is 1.73. The van der Waals surface area contributed by atoms with Crippen molar-refractivity contribution >= 4 is 81.8 Å². The normalized spacial score (nSPS) is 14.4. The lowest BCUT2D eigenvalue weighted by atomic mass is 9.99. The predicted molar refractivity (Wildman–Crippen MR) is 289 cm³/mol. The summed E-state index contributed by atoms with van der Waals surface area (Å²) in [5.41, 5.74) is 15.8. The molecule has 0 bridgehead atoms. The first-order chi connectivity index (χ1) is 36.5. The standard InChI is InChI=1S/C55H66N10O10S/c1-32(66)48(53(72)64-47(55(74)75)26-35-17-7-4-8-18-35)65(33(2)67)54(73)43(23-13-14-24-56)60-51(70)45(27-36-29-58-41-21-11-9-19-38(36)41)63-52(71)46(28-37-30-59-42-22-12-10-20-39(37)42)62-50(69)44(61-49(68)40(57)31-76)25-34-15-5-3-6-16-34/h3-12,15-22,29-30,32,40,43-48,58-59,66,76H,13-14,23-28,31,56-57H2,1-2H3,(H,60,70)(H,61,68)(H,62,69)(H,63,71)(H,64,72)(H,74,75)/t32-,40+,43+,44+,45-,46+,47+,48+/m1/s1. The van der Waals surface area contributed by atoms with E-state index in [1.807, 2.05) is 42.5 Å². The van der Waals surface area contributed by atoms with Crippen LogP contribution in [0.3, 0.4) is 0 Å². The Morgan fingerprint density at radius 3 is 1.45 bits per heavy atom.